The van der Waals surface area contributed by atoms with Gasteiger partial charge in [0.1, 0.15) is 35.2 Å². The number of hydrogen-bond acceptors (Lipinski definition) is 5. The number of carbonyl (C=O) groups excluding carboxylic acids is 1. The summed E-state index contributed by atoms with van der Waals surface area (Å²) < 4.78 is 11.1. The second-order valence-electron chi connectivity index (χ2n) is 8.84. The molecule has 0 saturated heterocycles. The Morgan fingerprint density at radius 1 is 1.16 bits per heavy atom. The molecule has 1 aliphatic heterocycles. The zero-order chi connectivity index (χ0) is 26.1. The smallest absolute Gasteiger partial charge is 0.273 e. The number of halogens is 1. The summed E-state index contributed by atoms with van der Waals surface area (Å²) in [5.74, 6) is 1.25. The largest absolute Gasteiger partial charge is 0.507 e. The van der Waals surface area contributed by atoms with Crippen LogP contribution in [0, 0.1) is 6.92 Å². The number of phenols is 1. The van der Waals surface area contributed by atoms with E-state index in [9.17, 15) is 9.90 Å². The third-order valence-corrected chi connectivity index (χ3v) is 6.86. The van der Waals surface area contributed by atoms with Crippen molar-refractivity contribution in [3.63, 3.8) is 0 Å². The normalized spacial score (nSPS) is 14.5. The molecule has 0 fully saturated rings. The summed E-state index contributed by atoms with van der Waals surface area (Å²) in [6, 6.07) is 18.0. The SMILES string of the molecule is C=CCOc1cccc(C2c3c(-c4cc(Cl)c(C)cc4O)n[nH]c3C(=O)N2Cc2ccc(OC)cc2)c1. The van der Waals surface area contributed by atoms with Crippen LogP contribution in [-0.2, 0) is 6.54 Å². The molecule has 0 spiro atoms. The highest BCUT2D eigenvalue weighted by Crippen LogP contribution is 2.46. The number of hydrogen-bond donors (Lipinski definition) is 2. The first-order chi connectivity index (χ1) is 17.9. The van der Waals surface area contributed by atoms with Crippen molar-refractivity contribution >= 4 is 17.5 Å². The number of aromatic amines is 1. The van der Waals surface area contributed by atoms with Crippen molar-refractivity contribution in [1.82, 2.24) is 15.1 Å². The van der Waals surface area contributed by atoms with Gasteiger partial charge in [-0.2, -0.15) is 5.10 Å². The van der Waals surface area contributed by atoms with Gasteiger partial charge >= 0.3 is 0 Å². The van der Waals surface area contributed by atoms with Crippen molar-refractivity contribution < 1.29 is 19.4 Å². The number of aromatic nitrogens is 2. The van der Waals surface area contributed by atoms with Crippen LogP contribution in [0.1, 0.15) is 38.8 Å². The lowest BCUT2D eigenvalue weighted by Crippen LogP contribution is -2.29. The van der Waals surface area contributed by atoms with E-state index < -0.39 is 6.04 Å². The van der Waals surface area contributed by atoms with E-state index in [0.29, 0.717) is 46.4 Å². The molecule has 2 N–H and O–H groups in total. The van der Waals surface area contributed by atoms with Gasteiger partial charge in [0.2, 0.25) is 0 Å². The third kappa shape index (κ3) is 4.54. The van der Waals surface area contributed by atoms with Crippen LogP contribution in [0.2, 0.25) is 5.02 Å². The van der Waals surface area contributed by atoms with Crippen molar-refractivity contribution in [2.75, 3.05) is 13.7 Å². The van der Waals surface area contributed by atoms with Crippen LogP contribution in [0.15, 0.2) is 73.3 Å². The Morgan fingerprint density at radius 3 is 2.68 bits per heavy atom. The standard InChI is InChI=1S/C29H26ClN3O4/c1-4-12-37-21-7-5-6-19(14-21)28-25-26(22-15-23(30)17(2)13-24(22)34)31-32-27(25)29(35)33(28)16-18-8-10-20(36-3)11-9-18/h4-11,13-15,28,34H,1,12,16H2,2-3H3,(H,31,32). The zero-order valence-electron chi connectivity index (χ0n) is 20.5. The average molecular weight is 516 g/mol. The molecular formula is C29H26ClN3O4. The minimum Gasteiger partial charge on any atom is -0.507 e. The van der Waals surface area contributed by atoms with Gasteiger partial charge < -0.3 is 19.5 Å². The minimum absolute atomic E-state index is 0.0408. The molecule has 1 atom stereocenters. The lowest BCUT2D eigenvalue weighted by atomic mass is 9.95. The molecule has 1 aromatic heterocycles. The molecule has 1 amide bonds. The number of amides is 1. The second kappa shape index (κ2) is 10.0. The second-order valence-corrected chi connectivity index (χ2v) is 9.24. The fourth-order valence-electron chi connectivity index (χ4n) is 4.62. The Morgan fingerprint density at radius 2 is 1.95 bits per heavy atom. The predicted octanol–water partition coefficient (Wildman–Crippen LogP) is 6.06. The van der Waals surface area contributed by atoms with Gasteiger partial charge in [0, 0.05) is 22.7 Å². The summed E-state index contributed by atoms with van der Waals surface area (Å²) in [4.78, 5) is 15.5. The lowest BCUT2D eigenvalue weighted by molar-refractivity contribution is 0.0730. The quantitative estimate of drug-likeness (QED) is 0.278. The molecule has 1 aliphatic rings. The van der Waals surface area contributed by atoms with Crippen LogP contribution in [-0.4, -0.2) is 39.8 Å². The van der Waals surface area contributed by atoms with Crippen molar-refractivity contribution in [3.05, 3.63) is 106 Å². The van der Waals surface area contributed by atoms with E-state index in [2.05, 4.69) is 16.8 Å². The summed E-state index contributed by atoms with van der Waals surface area (Å²) in [5.41, 5.74) is 4.52. The number of aromatic hydroxyl groups is 1. The van der Waals surface area contributed by atoms with Gasteiger partial charge in [-0.25, -0.2) is 0 Å². The van der Waals surface area contributed by atoms with Crippen LogP contribution in [0.5, 0.6) is 17.2 Å². The molecule has 7 nitrogen and oxygen atoms in total. The lowest BCUT2D eigenvalue weighted by Gasteiger charge is -2.27. The Hall–Kier alpha value is -4.23. The van der Waals surface area contributed by atoms with E-state index in [4.69, 9.17) is 21.1 Å². The number of nitrogens with one attached hydrogen (secondary N) is 1. The Kier molecular flexibility index (Phi) is 6.63. The maximum absolute atomic E-state index is 13.7. The Labute approximate surface area is 219 Å². The molecule has 0 radical (unpaired) electrons. The number of H-pyrrole nitrogens is 1. The Bertz CT molecular complexity index is 1480. The third-order valence-electron chi connectivity index (χ3n) is 6.45. The number of fused-ring (bicyclic) bond motifs is 1. The fourth-order valence-corrected chi connectivity index (χ4v) is 4.79. The van der Waals surface area contributed by atoms with E-state index in [1.54, 1.807) is 30.2 Å². The highest BCUT2D eigenvalue weighted by Gasteiger charge is 2.42. The number of nitrogens with zero attached hydrogens (tertiary/aromatic N) is 2. The van der Waals surface area contributed by atoms with Gasteiger partial charge in [-0.15, -0.1) is 0 Å². The van der Waals surface area contributed by atoms with Gasteiger partial charge in [-0.1, -0.05) is 48.5 Å². The van der Waals surface area contributed by atoms with Crippen LogP contribution in [0.3, 0.4) is 0 Å². The maximum atomic E-state index is 13.7. The van der Waals surface area contributed by atoms with Gasteiger partial charge in [0.05, 0.1) is 13.2 Å². The van der Waals surface area contributed by atoms with Gasteiger partial charge in [0.25, 0.3) is 5.91 Å². The molecule has 8 heteroatoms. The molecule has 4 aromatic rings. The van der Waals surface area contributed by atoms with Crippen molar-refractivity contribution in [2.24, 2.45) is 0 Å². The van der Waals surface area contributed by atoms with E-state index in [0.717, 1.165) is 22.4 Å². The number of methoxy groups -OCH3 is 1. The molecule has 2 heterocycles. The summed E-state index contributed by atoms with van der Waals surface area (Å²) in [5, 5.41) is 18.6. The molecule has 0 aliphatic carbocycles. The molecule has 188 valence electrons. The molecule has 1 unspecified atom stereocenters. The molecule has 0 saturated carbocycles. The van der Waals surface area contributed by atoms with Gasteiger partial charge in [-0.05, 0) is 60.0 Å². The van der Waals surface area contributed by atoms with Gasteiger partial charge in [0.15, 0.2) is 0 Å². The first-order valence-corrected chi connectivity index (χ1v) is 12.1. The molecule has 3 aromatic carbocycles. The van der Waals surface area contributed by atoms with Crippen molar-refractivity contribution in [3.8, 4) is 28.5 Å². The van der Waals surface area contributed by atoms with E-state index in [1.165, 1.54) is 0 Å². The number of benzene rings is 3. The number of phenolic OH excluding ortho intramolecular Hbond substituents is 1. The summed E-state index contributed by atoms with van der Waals surface area (Å²) in [6.07, 6.45) is 1.68. The number of aryl methyl sites for hydroxylation is 1. The number of ether oxygens (including phenoxy) is 2. The van der Waals surface area contributed by atoms with Crippen molar-refractivity contribution in [1.29, 1.82) is 0 Å². The molecule has 37 heavy (non-hydrogen) atoms. The predicted molar refractivity (Wildman–Crippen MR) is 142 cm³/mol. The molecular weight excluding hydrogens is 490 g/mol. The molecule has 0 bridgehead atoms. The van der Waals surface area contributed by atoms with Crippen LogP contribution >= 0.6 is 11.6 Å². The van der Waals surface area contributed by atoms with E-state index in [1.807, 2.05) is 55.5 Å². The van der Waals surface area contributed by atoms with Crippen LogP contribution in [0.4, 0.5) is 0 Å². The summed E-state index contributed by atoms with van der Waals surface area (Å²) in [6.45, 7) is 6.25. The monoisotopic (exact) mass is 515 g/mol. The topological polar surface area (TPSA) is 87.7 Å². The zero-order valence-corrected chi connectivity index (χ0v) is 21.2. The van der Waals surface area contributed by atoms with Crippen LogP contribution < -0.4 is 9.47 Å². The highest BCUT2D eigenvalue weighted by molar-refractivity contribution is 6.31. The maximum Gasteiger partial charge on any atom is 0.273 e. The first kappa shape index (κ1) is 24.5. The fraction of sp³-hybridized carbons (Fsp3) is 0.172. The Balaban J connectivity index is 1.64. The van der Waals surface area contributed by atoms with Gasteiger partial charge in [-0.3, -0.25) is 9.89 Å². The van der Waals surface area contributed by atoms with Crippen molar-refractivity contribution in [2.45, 2.75) is 19.5 Å². The molecule has 5 rings (SSSR count). The summed E-state index contributed by atoms with van der Waals surface area (Å²) in [7, 11) is 1.62. The first-order valence-electron chi connectivity index (χ1n) is 11.8. The van der Waals surface area contributed by atoms with E-state index >= 15 is 0 Å². The average Bonchev–Trinajstić information content (AvgIpc) is 3.44. The highest BCUT2D eigenvalue weighted by atomic mass is 35.5. The number of rotatable bonds is 8. The minimum atomic E-state index is -0.481. The summed E-state index contributed by atoms with van der Waals surface area (Å²) >= 11 is 6.40. The number of carbonyl (C=O) groups is 1. The van der Waals surface area contributed by atoms with E-state index in [-0.39, 0.29) is 11.7 Å². The van der Waals surface area contributed by atoms with Crippen LogP contribution in [0.25, 0.3) is 11.3 Å².